The van der Waals surface area contributed by atoms with Crippen LogP contribution in [0.15, 0.2) is 0 Å². The molecule has 2 nitrogen and oxygen atoms in total. The van der Waals surface area contributed by atoms with Gasteiger partial charge in [-0.3, -0.25) is 0 Å². The molecule has 2 heteroatoms. The quantitative estimate of drug-likeness (QED) is 0.632. The standard InChI is InChI=1S/C12H23NO/c1-6-8-11(13-9-7-2)10-12(3,4)14-5/h1,11,13H,7-10H2,2-5H3. The molecule has 0 amide bonds. The van der Waals surface area contributed by atoms with Crippen LogP contribution in [0.25, 0.3) is 0 Å². The van der Waals surface area contributed by atoms with Crippen molar-refractivity contribution in [2.75, 3.05) is 13.7 Å². The molecular formula is C12H23NO. The Labute approximate surface area is 88.4 Å². The van der Waals surface area contributed by atoms with E-state index in [1.165, 1.54) is 0 Å². The van der Waals surface area contributed by atoms with Crippen molar-refractivity contribution in [1.29, 1.82) is 0 Å². The molecule has 0 aromatic heterocycles. The van der Waals surface area contributed by atoms with Gasteiger partial charge < -0.3 is 10.1 Å². The minimum Gasteiger partial charge on any atom is -0.379 e. The minimum atomic E-state index is -0.0950. The summed E-state index contributed by atoms with van der Waals surface area (Å²) in [6.45, 7) is 7.35. The lowest BCUT2D eigenvalue weighted by molar-refractivity contribution is 0.00752. The Balaban J connectivity index is 4.02. The summed E-state index contributed by atoms with van der Waals surface area (Å²) in [5, 5.41) is 3.44. The first-order chi connectivity index (χ1) is 6.55. The fraction of sp³-hybridized carbons (Fsp3) is 0.833. The second-order valence-corrected chi connectivity index (χ2v) is 4.23. The van der Waals surface area contributed by atoms with Crippen LogP contribution in [0.1, 0.15) is 40.0 Å². The van der Waals surface area contributed by atoms with Crippen molar-refractivity contribution < 1.29 is 4.74 Å². The highest BCUT2D eigenvalue weighted by molar-refractivity contribution is 4.92. The van der Waals surface area contributed by atoms with E-state index in [9.17, 15) is 0 Å². The van der Waals surface area contributed by atoms with Gasteiger partial charge in [0.1, 0.15) is 0 Å². The van der Waals surface area contributed by atoms with Crippen molar-refractivity contribution >= 4 is 0 Å². The Morgan fingerprint density at radius 2 is 2.14 bits per heavy atom. The Hall–Kier alpha value is -0.520. The van der Waals surface area contributed by atoms with E-state index >= 15 is 0 Å². The van der Waals surface area contributed by atoms with E-state index in [-0.39, 0.29) is 5.60 Å². The van der Waals surface area contributed by atoms with Crippen molar-refractivity contribution in [1.82, 2.24) is 5.32 Å². The molecule has 0 spiro atoms. The Bertz CT molecular complexity index is 181. The van der Waals surface area contributed by atoms with E-state index in [0.29, 0.717) is 6.04 Å². The van der Waals surface area contributed by atoms with Crippen LogP contribution in [0.2, 0.25) is 0 Å². The highest BCUT2D eigenvalue weighted by atomic mass is 16.5. The lowest BCUT2D eigenvalue weighted by atomic mass is 9.97. The summed E-state index contributed by atoms with van der Waals surface area (Å²) in [7, 11) is 1.74. The fourth-order valence-electron chi connectivity index (χ4n) is 1.38. The minimum absolute atomic E-state index is 0.0950. The van der Waals surface area contributed by atoms with E-state index < -0.39 is 0 Å². The number of hydrogen-bond donors (Lipinski definition) is 1. The van der Waals surface area contributed by atoms with Gasteiger partial charge in [-0.2, -0.15) is 0 Å². The molecule has 0 aliphatic rings. The monoisotopic (exact) mass is 197 g/mol. The van der Waals surface area contributed by atoms with Crippen LogP contribution in [0.4, 0.5) is 0 Å². The normalized spacial score (nSPS) is 13.6. The van der Waals surface area contributed by atoms with E-state index in [2.05, 4.69) is 32.0 Å². The number of rotatable bonds is 7. The molecule has 0 saturated carbocycles. The number of nitrogens with one attached hydrogen (secondary N) is 1. The number of hydrogen-bond acceptors (Lipinski definition) is 2. The van der Waals surface area contributed by atoms with Gasteiger partial charge in [-0.15, -0.1) is 12.3 Å². The van der Waals surface area contributed by atoms with Crippen LogP contribution in [0.3, 0.4) is 0 Å². The third kappa shape index (κ3) is 6.01. The van der Waals surface area contributed by atoms with Gasteiger partial charge in [0.05, 0.1) is 5.60 Å². The maximum absolute atomic E-state index is 5.39. The maximum Gasteiger partial charge on any atom is 0.0637 e. The lowest BCUT2D eigenvalue weighted by Gasteiger charge is -2.28. The molecule has 0 aliphatic heterocycles. The molecule has 0 radical (unpaired) electrons. The summed E-state index contributed by atoms with van der Waals surface area (Å²) in [5.41, 5.74) is -0.0950. The molecule has 0 fully saturated rings. The van der Waals surface area contributed by atoms with Gasteiger partial charge in [-0.05, 0) is 33.2 Å². The highest BCUT2D eigenvalue weighted by Crippen LogP contribution is 2.16. The number of ether oxygens (including phenoxy) is 1. The van der Waals surface area contributed by atoms with Crippen molar-refractivity contribution in [2.24, 2.45) is 0 Å². The first-order valence-electron chi connectivity index (χ1n) is 5.27. The van der Waals surface area contributed by atoms with Crippen LogP contribution >= 0.6 is 0 Å². The zero-order valence-corrected chi connectivity index (χ0v) is 9.89. The third-order valence-electron chi connectivity index (χ3n) is 2.34. The van der Waals surface area contributed by atoms with Gasteiger partial charge in [0, 0.05) is 19.6 Å². The molecule has 0 aromatic carbocycles. The van der Waals surface area contributed by atoms with E-state index in [0.717, 1.165) is 25.8 Å². The first-order valence-corrected chi connectivity index (χ1v) is 5.27. The molecule has 1 atom stereocenters. The molecule has 0 bridgehead atoms. The molecule has 14 heavy (non-hydrogen) atoms. The fourth-order valence-corrected chi connectivity index (χ4v) is 1.38. The average molecular weight is 197 g/mol. The lowest BCUT2D eigenvalue weighted by Crippen LogP contribution is -2.37. The van der Waals surface area contributed by atoms with Crippen LogP contribution in [-0.4, -0.2) is 25.3 Å². The van der Waals surface area contributed by atoms with Crippen LogP contribution in [-0.2, 0) is 4.74 Å². The van der Waals surface area contributed by atoms with Gasteiger partial charge in [-0.1, -0.05) is 6.92 Å². The predicted octanol–water partition coefficient (Wildman–Crippen LogP) is 2.19. The van der Waals surface area contributed by atoms with Crippen molar-refractivity contribution in [3.05, 3.63) is 0 Å². The number of methoxy groups -OCH3 is 1. The summed E-state index contributed by atoms with van der Waals surface area (Å²) in [6.07, 6.45) is 8.19. The van der Waals surface area contributed by atoms with E-state index in [1.54, 1.807) is 7.11 Å². The Morgan fingerprint density at radius 3 is 2.57 bits per heavy atom. The predicted molar refractivity (Wildman–Crippen MR) is 61.2 cm³/mol. The topological polar surface area (TPSA) is 21.3 Å². The Morgan fingerprint density at radius 1 is 1.50 bits per heavy atom. The first kappa shape index (κ1) is 13.5. The van der Waals surface area contributed by atoms with Crippen molar-refractivity contribution in [3.8, 4) is 12.3 Å². The average Bonchev–Trinajstić information content (AvgIpc) is 2.14. The molecular weight excluding hydrogens is 174 g/mol. The Kier molecular flexibility index (Phi) is 6.61. The van der Waals surface area contributed by atoms with Crippen molar-refractivity contribution in [3.63, 3.8) is 0 Å². The molecule has 82 valence electrons. The number of terminal acetylenes is 1. The second kappa shape index (κ2) is 6.86. The zero-order valence-electron chi connectivity index (χ0n) is 9.89. The van der Waals surface area contributed by atoms with Crippen LogP contribution in [0, 0.1) is 12.3 Å². The molecule has 0 aromatic rings. The summed E-state index contributed by atoms with van der Waals surface area (Å²) in [4.78, 5) is 0. The van der Waals surface area contributed by atoms with Crippen molar-refractivity contribution in [2.45, 2.75) is 51.7 Å². The van der Waals surface area contributed by atoms with Gasteiger partial charge >= 0.3 is 0 Å². The smallest absolute Gasteiger partial charge is 0.0637 e. The SMILES string of the molecule is C#CCC(CC(C)(C)OC)NCCC. The van der Waals surface area contributed by atoms with Gasteiger partial charge in [0.2, 0.25) is 0 Å². The summed E-state index contributed by atoms with van der Waals surface area (Å²) < 4.78 is 5.39. The molecule has 1 N–H and O–H groups in total. The van der Waals surface area contributed by atoms with Gasteiger partial charge in [0.15, 0.2) is 0 Å². The molecule has 0 aliphatic carbocycles. The zero-order chi connectivity index (χ0) is 11.0. The molecule has 1 unspecified atom stereocenters. The third-order valence-corrected chi connectivity index (χ3v) is 2.34. The van der Waals surface area contributed by atoms with Gasteiger partial charge in [-0.25, -0.2) is 0 Å². The maximum atomic E-state index is 5.39. The molecule has 0 rings (SSSR count). The van der Waals surface area contributed by atoms with Crippen LogP contribution < -0.4 is 5.32 Å². The van der Waals surface area contributed by atoms with Gasteiger partial charge in [0.25, 0.3) is 0 Å². The summed E-state index contributed by atoms with van der Waals surface area (Å²) in [5.74, 6) is 2.71. The highest BCUT2D eigenvalue weighted by Gasteiger charge is 2.21. The largest absolute Gasteiger partial charge is 0.379 e. The molecule has 0 saturated heterocycles. The van der Waals surface area contributed by atoms with E-state index in [4.69, 9.17) is 11.2 Å². The van der Waals surface area contributed by atoms with E-state index in [1.807, 2.05) is 0 Å². The van der Waals surface area contributed by atoms with Crippen LogP contribution in [0.5, 0.6) is 0 Å². The summed E-state index contributed by atoms with van der Waals surface area (Å²) >= 11 is 0. The second-order valence-electron chi connectivity index (χ2n) is 4.23. The summed E-state index contributed by atoms with van der Waals surface area (Å²) in [6, 6.07) is 0.370. The molecule has 0 heterocycles.